The minimum Gasteiger partial charge on any atom is -0.477 e. The molecule has 2 aliphatic rings. The highest BCUT2D eigenvalue weighted by molar-refractivity contribution is 8.00. The Kier molecular flexibility index (Phi) is 6.11. The predicted octanol–water partition coefficient (Wildman–Crippen LogP) is 0.541. The third-order valence-corrected chi connectivity index (χ3v) is 5.46. The van der Waals surface area contributed by atoms with Crippen LogP contribution in [0.5, 0.6) is 0 Å². The largest absolute Gasteiger partial charge is 0.477 e. The lowest BCUT2D eigenvalue weighted by molar-refractivity contribution is -0.150. The number of aliphatic carboxylic acids is 1. The van der Waals surface area contributed by atoms with Crippen LogP contribution in [0.2, 0.25) is 0 Å². The SMILES string of the molecule is CC(=O)OCC1=C(C(=O)O)N2C(=O)[C@@H](NC(=O)CSC(F)(F)F)[C@H]2SC1. The van der Waals surface area contributed by atoms with Crippen LogP contribution in [0.1, 0.15) is 6.92 Å². The van der Waals surface area contributed by atoms with E-state index >= 15 is 0 Å². The number of esters is 1. The average Bonchev–Trinajstić information content (AvgIpc) is 2.54. The number of amides is 2. The van der Waals surface area contributed by atoms with Gasteiger partial charge >= 0.3 is 17.4 Å². The molecule has 0 radical (unpaired) electrons. The molecule has 26 heavy (non-hydrogen) atoms. The van der Waals surface area contributed by atoms with E-state index < -0.39 is 58.2 Å². The number of ether oxygens (including phenoxy) is 1. The van der Waals surface area contributed by atoms with Crippen LogP contribution in [0.3, 0.4) is 0 Å². The number of alkyl halides is 3. The van der Waals surface area contributed by atoms with Gasteiger partial charge in [-0.2, -0.15) is 13.2 Å². The molecule has 2 rings (SSSR count). The van der Waals surface area contributed by atoms with Crippen LogP contribution in [0.25, 0.3) is 0 Å². The Balaban J connectivity index is 2.05. The van der Waals surface area contributed by atoms with Gasteiger partial charge < -0.3 is 15.2 Å². The van der Waals surface area contributed by atoms with Gasteiger partial charge in [0, 0.05) is 18.2 Å². The second kappa shape index (κ2) is 7.78. The number of nitrogens with one attached hydrogen (secondary N) is 1. The second-order valence-corrected chi connectivity index (χ2v) is 7.37. The lowest BCUT2D eigenvalue weighted by atomic mass is 10.0. The number of hydrogen-bond donors (Lipinski definition) is 2. The van der Waals surface area contributed by atoms with Crippen LogP contribution in [-0.2, 0) is 23.9 Å². The van der Waals surface area contributed by atoms with Crippen molar-refractivity contribution in [3.63, 3.8) is 0 Å². The van der Waals surface area contributed by atoms with Gasteiger partial charge in [0.05, 0.1) is 5.75 Å². The maximum atomic E-state index is 12.2. The van der Waals surface area contributed by atoms with E-state index in [1.54, 1.807) is 0 Å². The second-order valence-electron chi connectivity index (χ2n) is 5.23. The number of halogens is 3. The van der Waals surface area contributed by atoms with Gasteiger partial charge in [0.15, 0.2) is 0 Å². The number of carboxylic acids is 1. The molecule has 1 fully saturated rings. The van der Waals surface area contributed by atoms with E-state index in [0.29, 0.717) is 0 Å². The summed E-state index contributed by atoms with van der Waals surface area (Å²) in [7, 11) is 0. The van der Waals surface area contributed by atoms with Crippen molar-refractivity contribution < 1.29 is 42.2 Å². The molecule has 0 saturated carbocycles. The first kappa shape index (κ1) is 20.4. The minimum absolute atomic E-state index is 0.132. The zero-order valence-electron chi connectivity index (χ0n) is 13.2. The molecule has 0 spiro atoms. The van der Waals surface area contributed by atoms with Gasteiger partial charge in [-0.1, -0.05) is 0 Å². The van der Waals surface area contributed by atoms with Crippen LogP contribution in [0.4, 0.5) is 13.2 Å². The van der Waals surface area contributed by atoms with Crippen LogP contribution in [0.15, 0.2) is 11.3 Å². The van der Waals surface area contributed by atoms with Crippen molar-refractivity contribution in [1.29, 1.82) is 0 Å². The van der Waals surface area contributed by atoms with Crippen LogP contribution in [0, 0.1) is 0 Å². The summed E-state index contributed by atoms with van der Waals surface area (Å²) in [6.07, 6.45) is 0. The standard InChI is InChI=1S/C13H13F3N2O6S2/c1-5(19)24-2-6-3-25-11-8(10(21)18(11)9(6)12(22)23)17-7(20)4-26-13(14,15)16/h8,11H,2-4H2,1H3,(H,17,20)(H,22,23)/t8-,11-/m1/s1. The molecule has 0 aromatic heterocycles. The van der Waals surface area contributed by atoms with Gasteiger partial charge in [-0.05, 0) is 11.8 Å². The average molecular weight is 414 g/mol. The number of thioether (sulfide) groups is 2. The summed E-state index contributed by atoms with van der Waals surface area (Å²) >= 11 is 0.589. The molecular weight excluding hydrogens is 401 g/mol. The molecule has 2 N–H and O–H groups in total. The Morgan fingerprint density at radius 3 is 2.62 bits per heavy atom. The smallest absolute Gasteiger partial charge is 0.442 e. The van der Waals surface area contributed by atoms with E-state index in [4.69, 9.17) is 4.74 Å². The minimum atomic E-state index is -4.57. The fourth-order valence-electron chi connectivity index (χ4n) is 2.35. The highest BCUT2D eigenvalue weighted by atomic mass is 32.2. The summed E-state index contributed by atoms with van der Waals surface area (Å²) in [5.41, 5.74) is -4.69. The van der Waals surface area contributed by atoms with Crippen LogP contribution >= 0.6 is 23.5 Å². The Labute approximate surface area is 153 Å². The first-order valence-electron chi connectivity index (χ1n) is 7.04. The number of nitrogens with zero attached hydrogens (tertiary/aromatic N) is 1. The quantitative estimate of drug-likeness (QED) is 0.478. The Morgan fingerprint density at radius 1 is 1.42 bits per heavy atom. The van der Waals surface area contributed by atoms with E-state index in [1.165, 1.54) is 0 Å². The van der Waals surface area contributed by atoms with Crippen molar-refractivity contribution in [2.45, 2.75) is 23.8 Å². The lowest BCUT2D eigenvalue weighted by Crippen LogP contribution is -2.70. The zero-order chi connectivity index (χ0) is 19.6. The molecule has 2 amide bonds. The fraction of sp³-hybridized carbons (Fsp3) is 0.538. The highest BCUT2D eigenvalue weighted by Crippen LogP contribution is 2.40. The number of carbonyl (C=O) groups excluding carboxylic acids is 3. The van der Waals surface area contributed by atoms with Gasteiger partial charge in [0.25, 0.3) is 5.91 Å². The molecular formula is C13H13F3N2O6S2. The third-order valence-electron chi connectivity index (χ3n) is 3.38. The van der Waals surface area contributed by atoms with E-state index in [-0.39, 0.29) is 23.6 Å². The molecule has 0 unspecified atom stereocenters. The van der Waals surface area contributed by atoms with Gasteiger partial charge in [0.1, 0.15) is 23.7 Å². The number of rotatable bonds is 6. The van der Waals surface area contributed by atoms with E-state index in [0.717, 1.165) is 23.6 Å². The molecule has 2 atom stereocenters. The number of carbonyl (C=O) groups is 4. The van der Waals surface area contributed by atoms with Gasteiger partial charge in [-0.15, -0.1) is 11.8 Å². The number of hydrogen-bond acceptors (Lipinski definition) is 7. The van der Waals surface area contributed by atoms with E-state index in [2.05, 4.69) is 5.32 Å². The molecule has 13 heteroatoms. The zero-order valence-corrected chi connectivity index (χ0v) is 14.8. The van der Waals surface area contributed by atoms with E-state index in [1.807, 2.05) is 0 Å². The third kappa shape index (κ3) is 4.63. The molecule has 0 aromatic rings. The summed E-state index contributed by atoms with van der Waals surface area (Å²) in [4.78, 5) is 47.1. The Morgan fingerprint density at radius 2 is 2.08 bits per heavy atom. The van der Waals surface area contributed by atoms with Crippen LogP contribution < -0.4 is 5.32 Å². The lowest BCUT2D eigenvalue weighted by Gasteiger charge is -2.49. The normalized spacial score (nSPS) is 22.5. The molecule has 2 aliphatic heterocycles. The van der Waals surface area contributed by atoms with Crippen molar-refractivity contribution in [3.05, 3.63) is 11.3 Å². The van der Waals surface area contributed by atoms with Crippen LogP contribution in [-0.4, -0.2) is 68.8 Å². The molecule has 144 valence electrons. The molecule has 0 aliphatic carbocycles. The molecule has 8 nitrogen and oxygen atoms in total. The Hall–Kier alpha value is -1.89. The molecule has 0 aromatic carbocycles. The first-order chi connectivity index (χ1) is 12.0. The molecule has 1 saturated heterocycles. The van der Waals surface area contributed by atoms with Crippen molar-refractivity contribution >= 4 is 47.3 Å². The summed E-state index contributed by atoms with van der Waals surface area (Å²) < 4.78 is 41.1. The maximum Gasteiger partial charge on any atom is 0.442 e. The van der Waals surface area contributed by atoms with Crippen molar-refractivity contribution in [1.82, 2.24) is 10.2 Å². The highest BCUT2D eigenvalue weighted by Gasteiger charge is 2.54. The number of carboxylic acid groups (broad SMARTS) is 1. The number of fused-ring (bicyclic) bond motifs is 1. The van der Waals surface area contributed by atoms with Crippen molar-refractivity contribution in [3.8, 4) is 0 Å². The van der Waals surface area contributed by atoms with Crippen molar-refractivity contribution in [2.24, 2.45) is 0 Å². The van der Waals surface area contributed by atoms with Crippen molar-refractivity contribution in [2.75, 3.05) is 18.1 Å². The summed E-state index contributed by atoms with van der Waals surface area (Å²) in [5, 5.41) is 10.8. The van der Waals surface area contributed by atoms with Gasteiger partial charge in [-0.25, -0.2) is 4.79 Å². The maximum absolute atomic E-state index is 12.2. The summed E-state index contributed by atoms with van der Waals surface area (Å²) in [5.74, 6) is -4.50. The topological polar surface area (TPSA) is 113 Å². The van der Waals surface area contributed by atoms with E-state index in [9.17, 15) is 37.5 Å². The van der Waals surface area contributed by atoms with Gasteiger partial charge in [0.2, 0.25) is 5.91 Å². The summed E-state index contributed by atoms with van der Waals surface area (Å²) in [6.45, 7) is 0.860. The first-order valence-corrected chi connectivity index (χ1v) is 9.08. The molecule has 0 bridgehead atoms. The monoisotopic (exact) mass is 414 g/mol. The summed E-state index contributed by atoms with van der Waals surface area (Å²) in [6, 6.07) is -1.11. The van der Waals surface area contributed by atoms with Gasteiger partial charge in [-0.3, -0.25) is 19.3 Å². The molecule has 2 heterocycles. The predicted molar refractivity (Wildman–Crippen MR) is 84.8 cm³/mol. The number of β-lactam (4-membered cyclic amide) rings is 1. The fourth-order valence-corrected chi connectivity index (χ4v) is 4.05. The Bertz CT molecular complexity index is 681.